The molecule has 0 bridgehead atoms. The van der Waals surface area contributed by atoms with E-state index < -0.39 is 0 Å². The molecule has 22 heavy (non-hydrogen) atoms. The van der Waals surface area contributed by atoms with Crippen molar-refractivity contribution in [1.29, 1.82) is 0 Å². The van der Waals surface area contributed by atoms with Crippen molar-refractivity contribution in [2.45, 2.75) is 19.9 Å². The van der Waals surface area contributed by atoms with Crippen LogP contribution in [0.25, 0.3) is 21.3 Å². The van der Waals surface area contributed by atoms with Gasteiger partial charge >= 0.3 is 136 Å². The first kappa shape index (κ1) is 14.9. The average molecular weight is 356 g/mol. The molecule has 2 N–H and O–H groups in total. The molecule has 112 valence electrons. The second-order valence-electron chi connectivity index (χ2n) is 5.39. The van der Waals surface area contributed by atoms with Crippen LogP contribution in [0.4, 0.5) is 0 Å². The van der Waals surface area contributed by atoms with Crippen molar-refractivity contribution in [2.24, 2.45) is 10.9 Å². The molecule has 3 nitrogen and oxygen atoms in total. The minimum absolute atomic E-state index is 0.117. The first-order valence-corrected chi connectivity index (χ1v) is 9.03. The van der Waals surface area contributed by atoms with E-state index in [1.807, 2.05) is 12.1 Å². The summed E-state index contributed by atoms with van der Waals surface area (Å²) in [7, 11) is 0. The van der Waals surface area contributed by atoms with Crippen LogP contribution < -0.4 is 10.2 Å². The number of nitrogens with two attached hydrogens (primary N) is 1. The van der Waals surface area contributed by atoms with E-state index in [9.17, 15) is 0 Å². The molecule has 0 amide bonds. The van der Waals surface area contributed by atoms with Crippen LogP contribution in [-0.2, 0) is 0 Å². The molecule has 1 aromatic heterocycles. The Bertz CT molecular complexity index is 815. The van der Waals surface area contributed by atoms with Gasteiger partial charge in [0, 0.05) is 0 Å². The number of aromatic nitrogens is 1. The summed E-state index contributed by atoms with van der Waals surface area (Å²) in [5, 5.41) is 4.07. The molecular weight excluding hydrogens is 337 g/mol. The predicted molar refractivity (Wildman–Crippen MR) is 92.4 cm³/mol. The van der Waals surface area contributed by atoms with E-state index in [1.165, 1.54) is 21.3 Å². The third-order valence-electron chi connectivity index (χ3n) is 3.57. The van der Waals surface area contributed by atoms with Crippen LogP contribution in [-0.4, -0.2) is 19.1 Å². The summed E-state index contributed by atoms with van der Waals surface area (Å²) in [6.45, 7) is 4.36. The van der Waals surface area contributed by atoms with Gasteiger partial charge in [0.2, 0.25) is 0 Å². The standard InChI is InChI=1S/C18H19N3Se/c1-13(2)21-16(14-9-5-3-6-10-14)17(22-18(21)20-19)15-11-7-4-8-12-15/h3-13H,19H2,1-2H3/b20-18+. The summed E-state index contributed by atoms with van der Waals surface area (Å²) in [4.78, 5) is 0. The van der Waals surface area contributed by atoms with Gasteiger partial charge in [-0.25, -0.2) is 0 Å². The van der Waals surface area contributed by atoms with Crippen molar-refractivity contribution in [3.8, 4) is 21.3 Å². The zero-order valence-electron chi connectivity index (χ0n) is 12.7. The molecule has 0 aliphatic heterocycles. The third-order valence-corrected chi connectivity index (χ3v) is 5.91. The maximum atomic E-state index is 5.68. The van der Waals surface area contributed by atoms with Gasteiger partial charge in [-0.1, -0.05) is 0 Å². The van der Waals surface area contributed by atoms with Crippen molar-refractivity contribution in [2.75, 3.05) is 0 Å². The van der Waals surface area contributed by atoms with Gasteiger partial charge in [0.1, 0.15) is 0 Å². The van der Waals surface area contributed by atoms with E-state index in [0.717, 1.165) is 4.36 Å². The molecule has 0 atom stereocenters. The van der Waals surface area contributed by atoms with Crippen molar-refractivity contribution in [3.63, 3.8) is 0 Å². The average Bonchev–Trinajstić information content (AvgIpc) is 2.96. The van der Waals surface area contributed by atoms with Crippen LogP contribution in [0.2, 0.25) is 0 Å². The molecule has 0 fully saturated rings. The van der Waals surface area contributed by atoms with Crippen LogP contribution in [0, 0.1) is 0 Å². The van der Waals surface area contributed by atoms with Gasteiger partial charge in [-0.3, -0.25) is 0 Å². The second-order valence-corrected chi connectivity index (χ2v) is 7.44. The quantitative estimate of drug-likeness (QED) is 0.437. The van der Waals surface area contributed by atoms with Gasteiger partial charge in [-0.15, -0.1) is 0 Å². The van der Waals surface area contributed by atoms with E-state index in [2.05, 4.69) is 72.0 Å². The Balaban J connectivity index is 2.36. The fourth-order valence-corrected chi connectivity index (χ4v) is 5.14. The van der Waals surface area contributed by atoms with E-state index in [0.29, 0.717) is 6.04 Å². The predicted octanol–water partition coefficient (Wildman–Crippen LogP) is 3.23. The molecule has 3 aromatic rings. The molecule has 2 aromatic carbocycles. The molecule has 0 unspecified atom stereocenters. The van der Waals surface area contributed by atoms with Crippen molar-refractivity contribution in [3.05, 3.63) is 65.0 Å². The van der Waals surface area contributed by atoms with E-state index in [4.69, 9.17) is 5.84 Å². The molecule has 3 rings (SSSR count). The van der Waals surface area contributed by atoms with Crippen LogP contribution in [0.3, 0.4) is 0 Å². The van der Waals surface area contributed by atoms with E-state index >= 15 is 0 Å². The third kappa shape index (κ3) is 2.68. The Kier molecular flexibility index (Phi) is 4.32. The number of hydrogen-bond acceptors (Lipinski definition) is 2. The Morgan fingerprint density at radius 3 is 1.95 bits per heavy atom. The molecular formula is C18H19N3Se. The Morgan fingerprint density at radius 1 is 0.909 bits per heavy atom. The van der Waals surface area contributed by atoms with Gasteiger partial charge in [0.05, 0.1) is 0 Å². The zero-order chi connectivity index (χ0) is 15.5. The number of nitrogens with zero attached hydrogens (tertiary/aromatic N) is 2. The van der Waals surface area contributed by atoms with E-state index in [1.54, 1.807) is 0 Å². The molecule has 0 saturated heterocycles. The first-order valence-electron chi connectivity index (χ1n) is 7.32. The van der Waals surface area contributed by atoms with Crippen LogP contribution in [0.1, 0.15) is 19.9 Å². The van der Waals surface area contributed by atoms with Crippen molar-refractivity contribution in [1.82, 2.24) is 4.57 Å². The Hall–Kier alpha value is -2.03. The summed E-state index contributed by atoms with van der Waals surface area (Å²) < 4.78 is 4.61. The van der Waals surface area contributed by atoms with Crippen LogP contribution in [0.15, 0.2) is 65.8 Å². The molecule has 0 spiro atoms. The summed E-state index contributed by atoms with van der Waals surface area (Å²) in [5.41, 5.74) is 3.72. The van der Waals surface area contributed by atoms with Gasteiger partial charge in [0.25, 0.3) is 0 Å². The molecule has 0 saturated carbocycles. The van der Waals surface area contributed by atoms with Gasteiger partial charge < -0.3 is 0 Å². The summed E-state index contributed by atoms with van der Waals surface area (Å²) in [6.07, 6.45) is 0. The molecule has 0 radical (unpaired) electrons. The molecule has 0 aliphatic carbocycles. The van der Waals surface area contributed by atoms with Crippen molar-refractivity contribution >= 4 is 14.5 Å². The Labute approximate surface area is 136 Å². The van der Waals surface area contributed by atoms with Gasteiger partial charge in [-0.2, -0.15) is 0 Å². The molecule has 1 heterocycles. The Morgan fingerprint density at radius 2 is 1.45 bits per heavy atom. The van der Waals surface area contributed by atoms with Gasteiger partial charge in [0.15, 0.2) is 0 Å². The monoisotopic (exact) mass is 357 g/mol. The van der Waals surface area contributed by atoms with Gasteiger partial charge in [-0.05, 0) is 0 Å². The van der Waals surface area contributed by atoms with Crippen molar-refractivity contribution < 1.29 is 0 Å². The fraction of sp³-hybridized carbons (Fsp3) is 0.167. The number of hydrogen-bond donors (Lipinski definition) is 1. The zero-order valence-corrected chi connectivity index (χ0v) is 14.4. The first-order chi connectivity index (χ1) is 10.7. The summed E-state index contributed by atoms with van der Waals surface area (Å²) in [5.74, 6) is 5.68. The molecule has 0 aliphatic rings. The number of benzene rings is 2. The fourth-order valence-electron chi connectivity index (χ4n) is 2.61. The maximum absolute atomic E-state index is 5.68. The minimum atomic E-state index is 0.117. The summed E-state index contributed by atoms with van der Waals surface area (Å²) >= 11 is 0.117. The SMILES string of the molecule is CC(C)n1c(-c2ccccc2)c(-c2ccccc2)[se]/c1=N/N. The second kappa shape index (κ2) is 6.39. The summed E-state index contributed by atoms with van der Waals surface area (Å²) in [6, 6.07) is 21.4. The van der Waals surface area contributed by atoms with Crippen LogP contribution in [0.5, 0.6) is 0 Å². The number of rotatable bonds is 3. The topological polar surface area (TPSA) is 43.3 Å². The normalized spacial score (nSPS) is 12.0. The van der Waals surface area contributed by atoms with E-state index in [-0.39, 0.29) is 14.5 Å². The van der Waals surface area contributed by atoms with Crippen LogP contribution >= 0.6 is 0 Å². The molecule has 4 heteroatoms.